The standard InChI is InChI=1S/C54H45N/c1-2-8-40(9-3-1)42-16-24-47(25-17-42)55(49-28-20-44(21-29-49)53-33-45-10-4-5-11-50(45)51-12-6-7-13-52(51)53)48-26-18-43(19-27-48)41-14-22-46(23-15-41)54-34-37-30-38(35-54)32-39(31-37)36-54/h1-29,33,37-39H,30-32,34-36H2. The summed E-state index contributed by atoms with van der Waals surface area (Å²) < 4.78 is 0. The van der Waals surface area contributed by atoms with Gasteiger partial charge in [-0.15, -0.1) is 0 Å². The van der Waals surface area contributed by atoms with Crippen molar-refractivity contribution in [1.82, 2.24) is 0 Å². The van der Waals surface area contributed by atoms with Gasteiger partial charge in [0, 0.05) is 17.1 Å². The first-order valence-corrected chi connectivity index (χ1v) is 20.3. The third kappa shape index (κ3) is 5.76. The Morgan fingerprint density at radius 1 is 0.364 bits per heavy atom. The molecule has 0 N–H and O–H groups in total. The van der Waals surface area contributed by atoms with Gasteiger partial charge in [0.1, 0.15) is 0 Å². The number of benzene rings is 8. The van der Waals surface area contributed by atoms with Crippen LogP contribution in [0.5, 0.6) is 0 Å². The normalized spacial score (nSPS) is 21.3. The van der Waals surface area contributed by atoms with Crippen molar-refractivity contribution in [2.45, 2.75) is 43.9 Å². The highest BCUT2D eigenvalue weighted by Gasteiger charge is 2.51. The van der Waals surface area contributed by atoms with Crippen molar-refractivity contribution in [3.05, 3.63) is 188 Å². The molecule has 4 fully saturated rings. The molecule has 0 unspecified atom stereocenters. The van der Waals surface area contributed by atoms with Crippen molar-refractivity contribution in [1.29, 1.82) is 0 Å². The van der Waals surface area contributed by atoms with Crippen LogP contribution in [0.1, 0.15) is 44.1 Å². The fraction of sp³-hybridized carbons (Fsp3) is 0.185. The van der Waals surface area contributed by atoms with Gasteiger partial charge in [0.05, 0.1) is 0 Å². The van der Waals surface area contributed by atoms with Crippen molar-refractivity contribution in [3.63, 3.8) is 0 Å². The molecular weight excluding hydrogens is 663 g/mol. The average molecular weight is 708 g/mol. The number of hydrogen-bond donors (Lipinski definition) is 0. The first kappa shape index (κ1) is 32.5. The van der Waals surface area contributed by atoms with E-state index < -0.39 is 0 Å². The summed E-state index contributed by atoms with van der Waals surface area (Å²) in [5.41, 5.74) is 12.9. The molecule has 4 bridgehead atoms. The molecule has 0 heterocycles. The fourth-order valence-corrected chi connectivity index (χ4v) is 11.2. The van der Waals surface area contributed by atoms with E-state index in [4.69, 9.17) is 0 Å². The molecule has 0 radical (unpaired) electrons. The first-order chi connectivity index (χ1) is 27.2. The highest BCUT2D eigenvalue weighted by atomic mass is 15.1. The summed E-state index contributed by atoms with van der Waals surface area (Å²) in [4.78, 5) is 2.39. The predicted molar refractivity (Wildman–Crippen MR) is 232 cm³/mol. The maximum Gasteiger partial charge on any atom is 0.0462 e. The second kappa shape index (κ2) is 13.1. The second-order valence-corrected chi connectivity index (χ2v) is 16.8. The van der Waals surface area contributed by atoms with Gasteiger partial charge in [0.25, 0.3) is 0 Å². The van der Waals surface area contributed by atoms with Gasteiger partial charge in [-0.2, -0.15) is 0 Å². The lowest BCUT2D eigenvalue weighted by molar-refractivity contribution is -0.00518. The maximum absolute atomic E-state index is 2.47. The van der Waals surface area contributed by atoms with Crippen LogP contribution in [-0.2, 0) is 5.41 Å². The van der Waals surface area contributed by atoms with E-state index in [1.54, 1.807) is 5.56 Å². The number of hydrogen-bond acceptors (Lipinski definition) is 1. The SMILES string of the molecule is c1ccc(-c2ccc(N(c3ccc(-c4ccc(C56CC7CC(CC(C7)C5)C6)cc4)cc3)c3ccc(-c4cc5ccccc5c5ccccc45)cc3)cc2)cc1. The van der Waals surface area contributed by atoms with E-state index in [2.05, 4.69) is 187 Å². The van der Waals surface area contributed by atoms with Gasteiger partial charge >= 0.3 is 0 Å². The zero-order chi connectivity index (χ0) is 36.3. The monoisotopic (exact) mass is 707 g/mol. The number of nitrogens with zero attached hydrogens (tertiary/aromatic N) is 1. The molecule has 12 rings (SSSR count). The van der Waals surface area contributed by atoms with E-state index in [0.717, 1.165) is 34.8 Å². The maximum atomic E-state index is 2.47. The highest BCUT2D eigenvalue weighted by Crippen LogP contribution is 2.60. The molecule has 1 heteroatoms. The fourth-order valence-electron chi connectivity index (χ4n) is 11.2. The van der Waals surface area contributed by atoms with Crippen LogP contribution >= 0.6 is 0 Å². The van der Waals surface area contributed by atoms with Crippen molar-refractivity contribution in [3.8, 4) is 33.4 Å². The molecular formula is C54H45N. The van der Waals surface area contributed by atoms with Crippen LogP contribution in [-0.4, -0.2) is 0 Å². The molecule has 8 aromatic carbocycles. The van der Waals surface area contributed by atoms with Gasteiger partial charge in [-0.05, 0) is 165 Å². The molecule has 0 aromatic heterocycles. The van der Waals surface area contributed by atoms with Crippen LogP contribution in [0, 0.1) is 17.8 Å². The molecule has 0 spiro atoms. The van der Waals surface area contributed by atoms with Crippen molar-refractivity contribution < 1.29 is 0 Å². The van der Waals surface area contributed by atoms with Crippen molar-refractivity contribution in [2.75, 3.05) is 4.90 Å². The Morgan fingerprint density at radius 3 is 1.33 bits per heavy atom. The Balaban J connectivity index is 0.936. The molecule has 0 aliphatic heterocycles. The molecule has 1 nitrogen and oxygen atoms in total. The minimum Gasteiger partial charge on any atom is -0.311 e. The molecule has 0 saturated heterocycles. The van der Waals surface area contributed by atoms with Crippen LogP contribution in [0.15, 0.2) is 182 Å². The van der Waals surface area contributed by atoms with Gasteiger partial charge in [0.2, 0.25) is 0 Å². The average Bonchev–Trinajstić information content (AvgIpc) is 3.24. The molecule has 0 atom stereocenters. The number of anilines is 3. The van der Waals surface area contributed by atoms with Crippen LogP contribution < -0.4 is 4.90 Å². The largest absolute Gasteiger partial charge is 0.311 e. The highest BCUT2D eigenvalue weighted by molar-refractivity contribution is 6.13. The summed E-state index contributed by atoms with van der Waals surface area (Å²) in [7, 11) is 0. The molecule has 4 aliphatic carbocycles. The van der Waals surface area contributed by atoms with E-state index in [1.807, 2.05) is 0 Å². The molecule has 0 amide bonds. The van der Waals surface area contributed by atoms with Crippen LogP contribution in [0.4, 0.5) is 17.1 Å². The van der Waals surface area contributed by atoms with Crippen molar-refractivity contribution >= 4 is 38.6 Å². The Labute approximate surface area is 324 Å². The minimum atomic E-state index is 0.435. The summed E-state index contributed by atoms with van der Waals surface area (Å²) in [6.07, 6.45) is 8.70. The third-order valence-electron chi connectivity index (χ3n) is 13.4. The topological polar surface area (TPSA) is 3.24 Å². The molecule has 4 saturated carbocycles. The second-order valence-electron chi connectivity index (χ2n) is 16.8. The zero-order valence-electron chi connectivity index (χ0n) is 31.2. The Bertz CT molecular complexity index is 2600. The quantitative estimate of drug-likeness (QED) is 0.149. The lowest BCUT2D eigenvalue weighted by atomic mass is 9.48. The third-order valence-corrected chi connectivity index (χ3v) is 13.4. The summed E-state index contributed by atoms with van der Waals surface area (Å²) in [5, 5.41) is 5.14. The summed E-state index contributed by atoms with van der Waals surface area (Å²) in [6.45, 7) is 0. The number of rotatable bonds is 7. The number of fused-ring (bicyclic) bond motifs is 3. The molecule has 55 heavy (non-hydrogen) atoms. The van der Waals surface area contributed by atoms with E-state index in [1.165, 1.54) is 93.5 Å². The minimum absolute atomic E-state index is 0.435. The first-order valence-electron chi connectivity index (χ1n) is 20.3. The van der Waals surface area contributed by atoms with Gasteiger partial charge in [-0.3, -0.25) is 0 Å². The van der Waals surface area contributed by atoms with Gasteiger partial charge in [0.15, 0.2) is 0 Å². The predicted octanol–water partition coefficient (Wildman–Crippen LogP) is 14.9. The summed E-state index contributed by atoms with van der Waals surface area (Å²) >= 11 is 0. The smallest absolute Gasteiger partial charge is 0.0462 e. The van der Waals surface area contributed by atoms with Crippen LogP contribution in [0.25, 0.3) is 54.9 Å². The van der Waals surface area contributed by atoms with E-state index >= 15 is 0 Å². The van der Waals surface area contributed by atoms with Crippen LogP contribution in [0.3, 0.4) is 0 Å². The van der Waals surface area contributed by atoms with Gasteiger partial charge in [-0.1, -0.05) is 140 Å². The van der Waals surface area contributed by atoms with Gasteiger partial charge < -0.3 is 4.90 Å². The van der Waals surface area contributed by atoms with Crippen molar-refractivity contribution in [2.24, 2.45) is 17.8 Å². The Hall–Kier alpha value is -5.92. The van der Waals surface area contributed by atoms with E-state index in [0.29, 0.717) is 5.41 Å². The molecule has 266 valence electrons. The Morgan fingerprint density at radius 2 is 0.782 bits per heavy atom. The summed E-state index contributed by atoms with van der Waals surface area (Å²) in [5.74, 6) is 2.89. The lowest BCUT2D eigenvalue weighted by Crippen LogP contribution is -2.48. The molecule has 4 aliphatic rings. The van der Waals surface area contributed by atoms with E-state index in [9.17, 15) is 0 Å². The van der Waals surface area contributed by atoms with Gasteiger partial charge in [-0.25, -0.2) is 0 Å². The van der Waals surface area contributed by atoms with E-state index in [-0.39, 0.29) is 0 Å². The summed E-state index contributed by atoms with van der Waals surface area (Å²) in [6, 6.07) is 67.5. The van der Waals surface area contributed by atoms with Crippen LogP contribution in [0.2, 0.25) is 0 Å². The molecule has 8 aromatic rings. The lowest BCUT2D eigenvalue weighted by Gasteiger charge is -2.57. The Kier molecular flexibility index (Phi) is 7.76. The zero-order valence-corrected chi connectivity index (χ0v) is 31.2.